The lowest BCUT2D eigenvalue weighted by atomic mass is 9.96. The third-order valence-electron chi connectivity index (χ3n) is 4.07. The Bertz CT molecular complexity index is 762. The summed E-state index contributed by atoms with van der Waals surface area (Å²) in [5.74, 6) is 0.389. The topological polar surface area (TPSA) is 67.4 Å². The Morgan fingerprint density at radius 2 is 1.76 bits per heavy atom. The molecule has 2 N–H and O–H groups in total. The van der Waals surface area contributed by atoms with Crippen LogP contribution in [0.25, 0.3) is 0 Å². The molecule has 25 heavy (non-hydrogen) atoms. The van der Waals surface area contributed by atoms with E-state index >= 15 is 0 Å². The van der Waals surface area contributed by atoms with E-state index in [0.717, 1.165) is 11.3 Å². The first-order valence-corrected chi connectivity index (χ1v) is 8.53. The summed E-state index contributed by atoms with van der Waals surface area (Å²) in [4.78, 5) is 24.2. The summed E-state index contributed by atoms with van der Waals surface area (Å²) in [6.45, 7) is 1.10. The van der Waals surface area contributed by atoms with Crippen LogP contribution in [-0.4, -0.2) is 31.5 Å². The molecule has 0 bridgehead atoms. The van der Waals surface area contributed by atoms with Gasteiger partial charge in [0.2, 0.25) is 5.91 Å². The van der Waals surface area contributed by atoms with Crippen LogP contribution < -0.4 is 15.4 Å². The van der Waals surface area contributed by atoms with Gasteiger partial charge in [-0.05, 0) is 42.3 Å². The van der Waals surface area contributed by atoms with E-state index in [0.29, 0.717) is 36.7 Å². The van der Waals surface area contributed by atoms with Crippen molar-refractivity contribution in [2.75, 3.05) is 19.7 Å². The van der Waals surface area contributed by atoms with Crippen LogP contribution in [0.1, 0.15) is 15.9 Å². The van der Waals surface area contributed by atoms with Crippen LogP contribution in [0.3, 0.4) is 0 Å². The van der Waals surface area contributed by atoms with Gasteiger partial charge >= 0.3 is 0 Å². The van der Waals surface area contributed by atoms with Crippen molar-refractivity contribution in [3.63, 3.8) is 0 Å². The summed E-state index contributed by atoms with van der Waals surface area (Å²) >= 11 is 5.79. The zero-order valence-electron chi connectivity index (χ0n) is 13.6. The molecule has 0 fully saturated rings. The minimum atomic E-state index is -0.207. The van der Waals surface area contributed by atoms with Crippen LogP contribution in [0, 0.1) is 5.92 Å². The Labute approximate surface area is 151 Å². The number of hydrogen-bond acceptors (Lipinski definition) is 3. The van der Waals surface area contributed by atoms with E-state index in [4.69, 9.17) is 16.3 Å². The highest BCUT2D eigenvalue weighted by atomic mass is 35.5. The third kappa shape index (κ3) is 4.51. The average molecular weight is 359 g/mol. The van der Waals surface area contributed by atoms with Crippen molar-refractivity contribution in [3.05, 3.63) is 64.7 Å². The lowest BCUT2D eigenvalue weighted by Crippen LogP contribution is -2.41. The highest BCUT2D eigenvalue weighted by Gasteiger charge is 2.25. The van der Waals surface area contributed by atoms with Crippen molar-refractivity contribution < 1.29 is 14.3 Å². The summed E-state index contributed by atoms with van der Waals surface area (Å²) < 4.78 is 5.63. The number of para-hydroxylation sites is 1. The lowest BCUT2D eigenvalue weighted by molar-refractivity contribution is -0.126. The van der Waals surface area contributed by atoms with Crippen LogP contribution in [0.15, 0.2) is 48.5 Å². The fourth-order valence-corrected chi connectivity index (χ4v) is 2.83. The molecule has 130 valence electrons. The molecule has 0 aromatic heterocycles. The minimum absolute atomic E-state index is 0.0600. The molecule has 2 aromatic carbocycles. The first kappa shape index (κ1) is 17.3. The minimum Gasteiger partial charge on any atom is -0.492 e. The van der Waals surface area contributed by atoms with Gasteiger partial charge in [-0.2, -0.15) is 0 Å². The Kier molecular flexibility index (Phi) is 5.56. The second-order valence-electron chi connectivity index (χ2n) is 5.87. The van der Waals surface area contributed by atoms with E-state index in [9.17, 15) is 9.59 Å². The van der Waals surface area contributed by atoms with Gasteiger partial charge in [0, 0.05) is 23.7 Å². The maximum atomic E-state index is 12.2. The summed E-state index contributed by atoms with van der Waals surface area (Å²) in [6.07, 6.45) is 0.666. The van der Waals surface area contributed by atoms with E-state index < -0.39 is 0 Å². The van der Waals surface area contributed by atoms with E-state index in [2.05, 4.69) is 10.6 Å². The van der Waals surface area contributed by atoms with Crippen molar-refractivity contribution in [3.8, 4) is 5.75 Å². The van der Waals surface area contributed by atoms with Gasteiger partial charge in [-0.25, -0.2) is 0 Å². The SMILES string of the molecule is O=C(NCCNC(=O)C1COc2ccccc2C1)c1ccc(Cl)cc1. The highest BCUT2D eigenvalue weighted by Crippen LogP contribution is 2.26. The predicted molar refractivity (Wildman–Crippen MR) is 95.9 cm³/mol. The van der Waals surface area contributed by atoms with E-state index in [1.165, 1.54) is 0 Å². The van der Waals surface area contributed by atoms with E-state index in [1.807, 2.05) is 24.3 Å². The van der Waals surface area contributed by atoms with Gasteiger partial charge in [-0.3, -0.25) is 9.59 Å². The van der Waals surface area contributed by atoms with Gasteiger partial charge in [0.15, 0.2) is 0 Å². The lowest BCUT2D eigenvalue weighted by Gasteiger charge is -2.24. The highest BCUT2D eigenvalue weighted by molar-refractivity contribution is 6.30. The zero-order valence-corrected chi connectivity index (χ0v) is 14.4. The molecule has 5 nitrogen and oxygen atoms in total. The largest absolute Gasteiger partial charge is 0.492 e. The molecule has 0 radical (unpaired) electrons. The molecular formula is C19H19ClN2O3. The summed E-state index contributed by atoms with van der Waals surface area (Å²) in [7, 11) is 0. The molecule has 1 aliphatic rings. The number of halogens is 1. The molecule has 2 aromatic rings. The van der Waals surface area contributed by atoms with Crippen molar-refractivity contribution in [1.82, 2.24) is 10.6 Å². The number of hydrogen-bond donors (Lipinski definition) is 2. The Hall–Kier alpha value is -2.53. The molecule has 0 saturated heterocycles. The number of benzene rings is 2. The van der Waals surface area contributed by atoms with E-state index in [1.54, 1.807) is 24.3 Å². The number of carbonyl (C=O) groups is 2. The number of ether oxygens (including phenoxy) is 1. The van der Waals surface area contributed by atoms with Crippen molar-refractivity contribution >= 4 is 23.4 Å². The van der Waals surface area contributed by atoms with Crippen LogP contribution >= 0.6 is 11.6 Å². The molecule has 1 aliphatic heterocycles. The summed E-state index contributed by atoms with van der Waals surface area (Å²) in [5.41, 5.74) is 1.58. The van der Waals surface area contributed by atoms with Gasteiger partial charge in [-0.1, -0.05) is 29.8 Å². The fourth-order valence-electron chi connectivity index (χ4n) is 2.71. The Morgan fingerprint density at radius 1 is 1.04 bits per heavy atom. The van der Waals surface area contributed by atoms with Crippen LogP contribution in [0.2, 0.25) is 5.02 Å². The number of amides is 2. The van der Waals surface area contributed by atoms with Gasteiger partial charge in [0.05, 0.1) is 5.92 Å². The Balaban J connectivity index is 1.41. The van der Waals surface area contributed by atoms with Crippen molar-refractivity contribution in [2.24, 2.45) is 5.92 Å². The molecule has 1 atom stereocenters. The number of carbonyl (C=O) groups excluding carboxylic acids is 2. The fraction of sp³-hybridized carbons (Fsp3) is 0.263. The molecular weight excluding hydrogens is 340 g/mol. The number of rotatable bonds is 5. The van der Waals surface area contributed by atoms with Crippen LogP contribution in [0.4, 0.5) is 0 Å². The second-order valence-corrected chi connectivity index (χ2v) is 6.31. The van der Waals surface area contributed by atoms with Gasteiger partial charge in [0.1, 0.15) is 12.4 Å². The molecule has 2 amide bonds. The quantitative estimate of drug-likeness (QED) is 0.807. The maximum absolute atomic E-state index is 12.2. The number of fused-ring (bicyclic) bond motifs is 1. The third-order valence-corrected chi connectivity index (χ3v) is 4.32. The first-order chi connectivity index (χ1) is 12.1. The van der Waals surface area contributed by atoms with Gasteiger partial charge in [0.25, 0.3) is 5.91 Å². The van der Waals surface area contributed by atoms with Gasteiger partial charge < -0.3 is 15.4 Å². The zero-order chi connectivity index (χ0) is 17.6. The van der Waals surface area contributed by atoms with E-state index in [-0.39, 0.29) is 17.7 Å². The normalized spacial score (nSPS) is 15.6. The molecule has 0 saturated carbocycles. The molecule has 0 spiro atoms. The summed E-state index contributed by atoms with van der Waals surface area (Å²) in [5, 5.41) is 6.19. The average Bonchev–Trinajstić information content (AvgIpc) is 2.65. The molecule has 0 aliphatic carbocycles. The summed E-state index contributed by atoms with van der Waals surface area (Å²) in [6, 6.07) is 14.4. The smallest absolute Gasteiger partial charge is 0.251 e. The van der Waals surface area contributed by atoms with Crippen LogP contribution in [0.5, 0.6) is 5.75 Å². The molecule has 1 heterocycles. The molecule has 6 heteroatoms. The molecule has 3 rings (SSSR count). The number of nitrogens with one attached hydrogen (secondary N) is 2. The standard InChI is InChI=1S/C19H19ClN2O3/c20-16-7-5-13(6-8-16)18(23)21-9-10-22-19(24)15-11-14-3-1-2-4-17(14)25-12-15/h1-8,15H,9-12H2,(H,21,23)(H,22,24). The monoisotopic (exact) mass is 358 g/mol. The molecule has 1 unspecified atom stereocenters. The Morgan fingerprint density at radius 3 is 2.56 bits per heavy atom. The maximum Gasteiger partial charge on any atom is 0.251 e. The second kappa shape index (κ2) is 8.03. The first-order valence-electron chi connectivity index (χ1n) is 8.15. The van der Waals surface area contributed by atoms with Crippen molar-refractivity contribution in [2.45, 2.75) is 6.42 Å². The van der Waals surface area contributed by atoms with Gasteiger partial charge in [-0.15, -0.1) is 0 Å². The van der Waals surface area contributed by atoms with Crippen molar-refractivity contribution in [1.29, 1.82) is 0 Å². The predicted octanol–water partition coefficient (Wildman–Crippen LogP) is 2.44. The van der Waals surface area contributed by atoms with Crippen LogP contribution in [-0.2, 0) is 11.2 Å².